The number of carbonyl (C=O) groups is 1. The molecule has 2 aliphatic heterocycles. The van der Waals surface area contributed by atoms with Gasteiger partial charge in [-0.1, -0.05) is 11.8 Å². The Hall–Kier alpha value is -1.50. The van der Waals surface area contributed by atoms with Crippen LogP contribution in [-0.4, -0.2) is 64.2 Å². The number of benzene rings is 1. The van der Waals surface area contributed by atoms with Gasteiger partial charge in [-0.25, -0.2) is 0 Å². The minimum Gasteiger partial charge on any atom is -0.379 e. The van der Waals surface area contributed by atoms with Crippen molar-refractivity contribution >= 4 is 28.9 Å². The Balaban J connectivity index is 1.82. The van der Waals surface area contributed by atoms with Crippen molar-refractivity contribution in [2.24, 2.45) is 0 Å². The van der Waals surface area contributed by atoms with E-state index in [9.17, 15) is 4.79 Å². The van der Waals surface area contributed by atoms with Gasteiger partial charge in [-0.05, 0) is 25.1 Å². The van der Waals surface area contributed by atoms with Crippen LogP contribution in [0.4, 0.5) is 11.4 Å². The monoisotopic (exact) mass is 347 g/mol. The summed E-state index contributed by atoms with van der Waals surface area (Å²) in [5, 5.41) is 1.03. The number of ether oxygens (including phenoxy) is 1. The minimum absolute atomic E-state index is 0.0921. The first-order chi connectivity index (χ1) is 11.5. The Morgan fingerprint density at radius 3 is 2.71 bits per heavy atom. The molecule has 3 rings (SSSR count). The summed E-state index contributed by atoms with van der Waals surface area (Å²) in [5.74, 6) is 0.0921. The van der Waals surface area contributed by atoms with E-state index in [1.165, 1.54) is 16.3 Å². The van der Waals surface area contributed by atoms with Gasteiger partial charge >= 0.3 is 0 Å². The molecule has 5 nitrogen and oxygen atoms in total. The molecular weight excluding hydrogens is 322 g/mol. The van der Waals surface area contributed by atoms with Gasteiger partial charge in [-0.3, -0.25) is 9.69 Å². The third kappa shape index (κ3) is 3.94. The van der Waals surface area contributed by atoms with Crippen molar-refractivity contribution in [3.05, 3.63) is 29.3 Å². The number of morpholine rings is 1. The zero-order valence-corrected chi connectivity index (χ0v) is 15.4. The molecule has 2 aliphatic rings. The van der Waals surface area contributed by atoms with Gasteiger partial charge in [-0.15, -0.1) is 0 Å². The molecule has 0 bridgehead atoms. The summed E-state index contributed by atoms with van der Waals surface area (Å²) >= 11 is 1.68. The number of nitrogens with zero attached hydrogens (tertiary/aromatic N) is 3. The van der Waals surface area contributed by atoms with Crippen LogP contribution in [0.25, 0.3) is 0 Å². The van der Waals surface area contributed by atoms with Crippen molar-refractivity contribution in [3.63, 3.8) is 0 Å². The molecule has 1 saturated heterocycles. The summed E-state index contributed by atoms with van der Waals surface area (Å²) in [7, 11) is 4.10. The third-order valence-electron chi connectivity index (χ3n) is 4.30. The van der Waals surface area contributed by atoms with Gasteiger partial charge < -0.3 is 14.5 Å². The lowest BCUT2D eigenvalue weighted by atomic mass is 10.2. The molecule has 0 aromatic heterocycles. The van der Waals surface area contributed by atoms with E-state index in [0.717, 1.165) is 44.4 Å². The summed E-state index contributed by atoms with van der Waals surface area (Å²) in [6.45, 7) is 7.07. The average molecular weight is 347 g/mol. The number of allylic oxidation sites excluding steroid dienone is 1. The molecule has 0 amide bonds. The van der Waals surface area contributed by atoms with Crippen LogP contribution >= 0.6 is 11.8 Å². The second-order valence-corrected chi connectivity index (χ2v) is 7.41. The van der Waals surface area contributed by atoms with Gasteiger partial charge in [0.25, 0.3) is 0 Å². The Kier molecular flexibility index (Phi) is 5.48. The summed E-state index contributed by atoms with van der Waals surface area (Å²) in [4.78, 5) is 19.7. The van der Waals surface area contributed by atoms with E-state index in [1.54, 1.807) is 24.8 Å². The van der Waals surface area contributed by atoms with Crippen molar-refractivity contribution in [1.29, 1.82) is 0 Å². The van der Waals surface area contributed by atoms with E-state index >= 15 is 0 Å². The number of rotatable bonds is 5. The summed E-state index contributed by atoms with van der Waals surface area (Å²) in [6, 6.07) is 6.49. The molecule has 0 N–H and O–H groups in total. The molecule has 0 aliphatic carbocycles. The van der Waals surface area contributed by atoms with Crippen molar-refractivity contribution in [1.82, 2.24) is 4.90 Å². The Bertz CT molecular complexity index is 639. The van der Waals surface area contributed by atoms with Gasteiger partial charge in [-0.2, -0.15) is 0 Å². The molecule has 2 heterocycles. The highest BCUT2D eigenvalue weighted by molar-refractivity contribution is 8.03. The second kappa shape index (κ2) is 7.59. The number of hydrogen-bond acceptors (Lipinski definition) is 6. The van der Waals surface area contributed by atoms with Crippen molar-refractivity contribution in [3.8, 4) is 0 Å². The van der Waals surface area contributed by atoms with Crippen LogP contribution in [0.5, 0.6) is 0 Å². The molecule has 1 aromatic rings. The number of anilines is 2. The predicted octanol–water partition coefficient (Wildman–Crippen LogP) is 2.43. The zero-order chi connectivity index (χ0) is 17.1. The van der Waals surface area contributed by atoms with Crippen LogP contribution in [0.15, 0.2) is 34.2 Å². The van der Waals surface area contributed by atoms with Gasteiger partial charge in [0.2, 0.25) is 0 Å². The molecule has 1 aromatic carbocycles. The fourth-order valence-electron chi connectivity index (χ4n) is 2.95. The van der Waals surface area contributed by atoms with E-state index in [4.69, 9.17) is 4.74 Å². The second-order valence-electron chi connectivity index (χ2n) is 6.35. The fourth-order valence-corrected chi connectivity index (χ4v) is 4.11. The molecule has 0 spiro atoms. The maximum atomic E-state index is 11.6. The first-order valence-corrected chi connectivity index (χ1v) is 9.15. The molecule has 130 valence electrons. The standard InChI is InChI=1S/C18H25N3O2S/c1-14(22)12-18-21(7-6-20-8-10-23-11-9-20)16-13-15(19(2)3)4-5-17(16)24-18/h4-5,12-13H,6-11H2,1-3H3/b18-12-. The van der Waals surface area contributed by atoms with E-state index in [1.807, 2.05) is 14.1 Å². The summed E-state index contributed by atoms with van der Waals surface area (Å²) < 4.78 is 5.42. The van der Waals surface area contributed by atoms with Crippen molar-refractivity contribution in [2.45, 2.75) is 11.8 Å². The van der Waals surface area contributed by atoms with Crippen LogP contribution in [0, 0.1) is 0 Å². The molecular formula is C18H25N3O2S. The Morgan fingerprint density at radius 1 is 1.29 bits per heavy atom. The first kappa shape index (κ1) is 17.3. The highest BCUT2D eigenvalue weighted by Gasteiger charge is 2.26. The molecule has 1 fully saturated rings. The number of fused-ring (bicyclic) bond motifs is 1. The molecule has 0 radical (unpaired) electrons. The third-order valence-corrected chi connectivity index (χ3v) is 5.41. The Morgan fingerprint density at radius 2 is 2.04 bits per heavy atom. The predicted molar refractivity (Wildman–Crippen MR) is 100.0 cm³/mol. The number of thioether (sulfide) groups is 1. The van der Waals surface area contributed by atoms with Gasteiger partial charge in [0.15, 0.2) is 5.78 Å². The SMILES string of the molecule is CC(=O)/C=C1\Sc2ccc(N(C)C)cc2N1CCN1CCOCC1. The van der Waals surface area contributed by atoms with Crippen LogP contribution in [0.3, 0.4) is 0 Å². The number of ketones is 1. The topological polar surface area (TPSA) is 36.0 Å². The fraction of sp³-hybridized carbons (Fsp3) is 0.500. The highest BCUT2D eigenvalue weighted by Crippen LogP contribution is 2.47. The lowest BCUT2D eigenvalue weighted by molar-refractivity contribution is -0.112. The number of hydrogen-bond donors (Lipinski definition) is 0. The molecule has 6 heteroatoms. The van der Waals surface area contributed by atoms with Crippen LogP contribution in [-0.2, 0) is 9.53 Å². The van der Waals surface area contributed by atoms with Gasteiger partial charge in [0.1, 0.15) is 0 Å². The minimum atomic E-state index is 0.0921. The first-order valence-electron chi connectivity index (χ1n) is 8.34. The summed E-state index contributed by atoms with van der Waals surface area (Å²) in [6.07, 6.45) is 1.75. The highest BCUT2D eigenvalue weighted by atomic mass is 32.2. The van der Waals surface area contributed by atoms with E-state index in [-0.39, 0.29) is 5.78 Å². The zero-order valence-electron chi connectivity index (χ0n) is 14.6. The van der Waals surface area contributed by atoms with Gasteiger partial charge in [0, 0.05) is 56.9 Å². The molecule has 24 heavy (non-hydrogen) atoms. The molecule has 0 atom stereocenters. The van der Waals surface area contributed by atoms with Crippen LogP contribution in [0.2, 0.25) is 0 Å². The van der Waals surface area contributed by atoms with Crippen LogP contribution in [0.1, 0.15) is 6.92 Å². The Labute approximate surface area is 148 Å². The quantitative estimate of drug-likeness (QED) is 0.762. The van der Waals surface area contributed by atoms with E-state index < -0.39 is 0 Å². The molecule has 0 saturated carbocycles. The van der Waals surface area contributed by atoms with Gasteiger partial charge in [0.05, 0.1) is 23.9 Å². The van der Waals surface area contributed by atoms with E-state index in [0.29, 0.717) is 0 Å². The maximum absolute atomic E-state index is 11.6. The number of carbonyl (C=O) groups excluding carboxylic acids is 1. The van der Waals surface area contributed by atoms with E-state index in [2.05, 4.69) is 32.9 Å². The van der Waals surface area contributed by atoms with Crippen LogP contribution < -0.4 is 9.80 Å². The maximum Gasteiger partial charge on any atom is 0.155 e. The normalized spacial score (nSPS) is 19.6. The van der Waals surface area contributed by atoms with Crippen molar-refractivity contribution in [2.75, 3.05) is 63.3 Å². The summed E-state index contributed by atoms with van der Waals surface area (Å²) in [5.41, 5.74) is 2.38. The van der Waals surface area contributed by atoms with Crippen molar-refractivity contribution < 1.29 is 9.53 Å². The molecule has 0 unspecified atom stereocenters. The lowest BCUT2D eigenvalue weighted by Crippen LogP contribution is -2.40. The largest absolute Gasteiger partial charge is 0.379 e. The average Bonchev–Trinajstić information content (AvgIpc) is 2.89. The lowest BCUT2D eigenvalue weighted by Gasteiger charge is -2.29. The smallest absolute Gasteiger partial charge is 0.155 e.